The molecule has 0 unspecified atom stereocenters. The van der Waals surface area contributed by atoms with E-state index in [0.29, 0.717) is 37.6 Å². The molecule has 0 fully saturated rings. The summed E-state index contributed by atoms with van der Waals surface area (Å²) in [5.74, 6) is 0.368. The number of nitrogens with zero attached hydrogens (tertiary/aromatic N) is 3. The third kappa shape index (κ3) is 5.43. The zero-order chi connectivity index (χ0) is 27.7. The standard InChI is InChI=1S/C30H25Cl2N3O3S/c1-18-9-10-19-6-4-7-25(29(19)33-18)38-17-21-22(31)12-14-23(28(21)32)35(3)27(36)16-20-11-13-24(34(20)2)30(37)26-8-5-15-39-26/h4-15H,16-17H2,1-3H3. The number of thiophene rings is 1. The van der Waals surface area contributed by atoms with Crippen molar-refractivity contribution in [2.75, 3.05) is 11.9 Å². The predicted molar refractivity (Wildman–Crippen MR) is 158 cm³/mol. The van der Waals surface area contributed by atoms with Crippen LogP contribution in [0.25, 0.3) is 10.9 Å². The van der Waals surface area contributed by atoms with E-state index in [-0.39, 0.29) is 24.7 Å². The number of hydrogen-bond donors (Lipinski definition) is 0. The van der Waals surface area contributed by atoms with Crippen LogP contribution in [-0.2, 0) is 24.9 Å². The molecule has 5 aromatic rings. The number of anilines is 1. The number of halogens is 2. The quantitative estimate of drug-likeness (QED) is 0.182. The van der Waals surface area contributed by atoms with E-state index in [9.17, 15) is 9.59 Å². The van der Waals surface area contributed by atoms with Crippen LogP contribution in [0.2, 0.25) is 10.0 Å². The molecular weight excluding hydrogens is 553 g/mol. The number of carbonyl (C=O) groups is 2. The highest BCUT2D eigenvalue weighted by Crippen LogP contribution is 2.35. The van der Waals surface area contributed by atoms with E-state index in [0.717, 1.165) is 22.3 Å². The third-order valence-corrected chi connectivity index (χ3v) is 8.28. The molecule has 0 radical (unpaired) electrons. The van der Waals surface area contributed by atoms with Crippen molar-refractivity contribution in [3.63, 3.8) is 0 Å². The van der Waals surface area contributed by atoms with Gasteiger partial charge in [-0.3, -0.25) is 9.59 Å². The minimum absolute atomic E-state index is 0.0681. The molecule has 0 atom stereocenters. The molecule has 6 nitrogen and oxygen atoms in total. The van der Waals surface area contributed by atoms with Gasteiger partial charge in [0.05, 0.1) is 27.7 Å². The number of fused-ring (bicyclic) bond motifs is 1. The maximum absolute atomic E-state index is 13.3. The molecule has 0 N–H and O–H groups in total. The molecule has 1 amide bonds. The summed E-state index contributed by atoms with van der Waals surface area (Å²) in [7, 11) is 3.46. The van der Waals surface area contributed by atoms with E-state index >= 15 is 0 Å². The molecule has 39 heavy (non-hydrogen) atoms. The van der Waals surface area contributed by atoms with Crippen molar-refractivity contribution >= 4 is 62.8 Å². The summed E-state index contributed by atoms with van der Waals surface area (Å²) < 4.78 is 7.88. The van der Waals surface area contributed by atoms with Gasteiger partial charge in [-0.15, -0.1) is 11.3 Å². The molecule has 0 bridgehead atoms. The number of aryl methyl sites for hydroxylation is 1. The lowest BCUT2D eigenvalue weighted by Gasteiger charge is -2.21. The first kappa shape index (κ1) is 26.9. The van der Waals surface area contributed by atoms with E-state index in [1.165, 1.54) is 16.2 Å². The number of amides is 1. The van der Waals surface area contributed by atoms with Gasteiger partial charge in [0.2, 0.25) is 11.7 Å². The minimum atomic E-state index is -0.184. The Labute approximate surface area is 240 Å². The van der Waals surface area contributed by atoms with Crippen molar-refractivity contribution in [3.05, 3.63) is 110 Å². The maximum atomic E-state index is 13.3. The maximum Gasteiger partial charge on any atom is 0.232 e. The Morgan fingerprint density at radius 3 is 2.62 bits per heavy atom. The molecule has 3 heterocycles. The summed E-state index contributed by atoms with van der Waals surface area (Å²) in [4.78, 5) is 32.8. The number of likely N-dealkylation sites (N-methyl/N-ethyl adjacent to an activating group) is 1. The summed E-state index contributed by atoms with van der Waals surface area (Å²) in [6, 6.07) is 20.3. The molecule has 3 aromatic heterocycles. The van der Waals surface area contributed by atoms with Gasteiger partial charge >= 0.3 is 0 Å². The molecule has 5 rings (SSSR count). The number of aromatic nitrogens is 2. The summed E-state index contributed by atoms with van der Waals surface area (Å²) in [6.45, 7) is 2.03. The first-order valence-corrected chi connectivity index (χ1v) is 13.8. The van der Waals surface area contributed by atoms with Crippen LogP contribution in [0.15, 0.2) is 72.1 Å². The second kappa shape index (κ2) is 11.2. The molecule has 0 saturated heterocycles. The SMILES string of the molecule is Cc1ccc2cccc(OCc3c(Cl)ccc(N(C)C(=O)Cc4ccc(C(=O)c5cccs5)n4C)c3Cl)c2n1. The molecule has 0 spiro atoms. The molecule has 0 aliphatic heterocycles. The van der Waals surface area contributed by atoms with Gasteiger partial charge in [-0.05, 0) is 54.8 Å². The van der Waals surface area contributed by atoms with E-state index in [1.807, 2.05) is 48.7 Å². The summed E-state index contributed by atoms with van der Waals surface area (Å²) >= 11 is 14.7. The number of rotatable bonds is 8. The van der Waals surface area contributed by atoms with Crippen molar-refractivity contribution in [1.82, 2.24) is 9.55 Å². The number of benzene rings is 2. The third-order valence-electron chi connectivity index (χ3n) is 6.63. The van der Waals surface area contributed by atoms with Gasteiger partial charge in [-0.1, -0.05) is 47.5 Å². The Kier molecular flexibility index (Phi) is 7.75. The van der Waals surface area contributed by atoms with Crippen molar-refractivity contribution in [1.29, 1.82) is 0 Å². The van der Waals surface area contributed by atoms with E-state index in [1.54, 1.807) is 49.0 Å². The van der Waals surface area contributed by atoms with Crippen LogP contribution in [0.5, 0.6) is 5.75 Å². The summed E-state index contributed by atoms with van der Waals surface area (Å²) in [5, 5.41) is 3.61. The van der Waals surface area contributed by atoms with Crippen molar-refractivity contribution in [2.24, 2.45) is 7.05 Å². The van der Waals surface area contributed by atoms with Crippen LogP contribution in [0, 0.1) is 6.92 Å². The predicted octanol–water partition coefficient (Wildman–Crippen LogP) is 7.27. The van der Waals surface area contributed by atoms with Crippen LogP contribution < -0.4 is 9.64 Å². The molecule has 2 aromatic carbocycles. The lowest BCUT2D eigenvalue weighted by molar-refractivity contribution is -0.117. The van der Waals surface area contributed by atoms with E-state index in [2.05, 4.69) is 4.98 Å². The van der Waals surface area contributed by atoms with Crippen molar-refractivity contribution in [3.8, 4) is 5.75 Å². The molecule has 0 aliphatic rings. The molecular formula is C30H25Cl2N3O3S. The Bertz CT molecular complexity index is 1700. The highest BCUT2D eigenvalue weighted by molar-refractivity contribution is 7.12. The van der Waals surface area contributed by atoms with Crippen LogP contribution in [0.4, 0.5) is 5.69 Å². The second-order valence-electron chi connectivity index (χ2n) is 9.13. The van der Waals surface area contributed by atoms with Gasteiger partial charge in [-0.25, -0.2) is 4.98 Å². The number of pyridine rings is 1. The lowest BCUT2D eigenvalue weighted by Crippen LogP contribution is -2.29. The molecule has 9 heteroatoms. The number of ether oxygens (including phenoxy) is 1. The van der Waals surface area contributed by atoms with Crippen LogP contribution in [0.3, 0.4) is 0 Å². The molecule has 198 valence electrons. The topological polar surface area (TPSA) is 64.4 Å². The highest BCUT2D eigenvalue weighted by atomic mass is 35.5. The van der Waals surface area contributed by atoms with Gasteiger partial charge in [0, 0.05) is 41.5 Å². The molecule has 0 aliphatic carbocycles. The number of para-hydroxylation sites is 1. The lowest BCUT2D eigenvalue weighted by atomic mass is 10.1. The average molecular weight is 579 g/mol. The van der Waals surface area contributed by atoms with Crippen molar-refractivity contribution in [2.45, 2.75) is 20.0 Å². The number of carbonyl (C=O) groups excluding carboxylic acids is 2. The van der Waals surface area contributed by atoms with Gasteiger partial charge in [0.1, 0.15) is 17.9 Å². The second-order valence-corrected chi connectivity index (χ2v) is 10.9. The number of ketones is 1. The molecule has 0 saturated carbocycles. The van der Waals surface area contributed by atoms with Gasteiger partial charge in [0.25, 0.3) is 0 Å². The average Bonchev–Trinajstić information content (AvgIpc) is 3.59. The fourth-order valence-electron chi connectivity index (χ4n) is 4.36. The van der Waals surface area contributed by atoms with Gasteiger partial charge < -0.3 is 14.2 Å². The largest absolute Gasteiger partial charge is 0.487 e. The Balaban J connectivity index is 1.34. The number of hydrogen-bond acceptors (Lipinski definition) is 5. The van der Waals surface area contributed by atoms with Gasteiger partial charge in [-0.2, -0.15) is 0 Å². The smallest absolute Gasteiger partial charge is 0.232 e. The Morgan fingerprint density at radius 2 is 1.85 bits per heavy atom. The first-order chi connectivity index (χ1) is 18.7. The monoisotopic (exact) mass is 577 g/mol. The zero-order valence-electron chi connectivity index (χ0n) is 21.6. The summed E-state index contributed by atoms with van der Waals surface area (Å²) in [6.07, 6.45) is 0.0938. The minimum Gasteiger partial charge on any atom is -0.487 e. The van der Waals surface area contributed by atoms with Crippen LogP contribution >= 0.6 is 34.5 Å². The summed E-state index contributed by atoms with van der Waals surface area (Å²) in [5.41, 5.74) is 3.98. The van der Waals surface area contributed by atoms with Gasteiger partial charge in [0.15, 0.2) is 0 Å². The Morgan fingerprint density at radius 1 is 1.03 bits per heavy atom. The Hall–Kier alpha value is -3.65. The van der Waals surface area contributed by atoms with Crippen LogP contribution in [0.1, 0.15) is 32.3 Å². The van der Waals surface area contributed by atoms with E-state index < -0.39 is 0 Å². The fraction of sp³-hybridized carbons (Fsp3) is 0.167. The van der Waals surface area contributed by atoms with Crippen molar-refractivity contribution < 1.29 is 14.3 Å². The van der Waals surface area contributed by atoms with Crippen LogP contribution in [-0.4, -0.2) is 28.3 Å². The zero-order valence-corrected chi connectivity index (χ0v) is 23.9. The normalized spacial score (nSPS) is 11.1. The fourth-order valence-corrected chi connectivity index (χ4v) is 5.64. The first-order valence-electron chi connectivity index (χ1n) is 12.2. The van der Waals surface area contributed by atoms with E-state index in [4.69, 9.17) is 27.9 Å². The highest BCUT2D eigenvalue weighted by Gasteiger charge is 2.22.